The summed E-state index contributed by atoms with van der Waals surface area (Å²) in [5.41, 5.74) is 2.60. The summed E-state index contributed by atoms with van der Waals surface area (Å²) in [4.78, 5) is 13.4. The number of carbonyl (C=O) groups excluding carboxylic acids is 1. The van der Waals surface area contributed by atoms with Crippen molar-refractivity contribution in [2.75, 3.05) is 18.6 Å². The molecule has 0 aliphatic carbocycles. The Balaban J connectivity index is 2.08. The van der Waals surface area contributed by atoms with Crippen molar-refractivity contribution in [3.63, 3.8) is 0 Å². The Morgan fingerprint density at radius 3 is 3.06 bits per heavy atom. The van der Waals surface area contributed by atoms with Crippen LogP contribution in [-0.4, -0.2) is 29.8 Å². The third-order valence-electron chi connectivity index (χ3n) is 3.06. The number of amides is 1. The van der Waals surface area contributed by atoms with E-state index in [1.807, 2.05) is 24.3 Å². The highest BCUT2D eigenvalue weighted by molar-refractivity contribution is 5.95. The predicted octanol–water partition coefficient (Wildman–Crippen LogP) is 1.82. The monoisotopic (exact) mass is 243 g/mol. The minimum absolute atomic E-state index is 0.0629. The summed E-state index contributed by atoms with van der Waals surface area (Å²) in [6, 6.07) is 7.64. The van der Waals surface area contributed by atoms with Crippen molar-refractivity contribution in [1.29, 1.82) is 0 Å². The smallest absolute Gasteiger partial charge is 0.230 e. The van der Waals surface area contributed by atoms with E-state index >= 15 is 0 Å². The molecule has 5 nitrogen and oxygen atoms in total. The first kappa shape index (κ1) is 10.8. The Bertz CT molecular complexity index is 578. The van der Waals surface area contributed by atoms with Gasteiger partial charge >= 0.3 is 0 Å². The standard InChI is InChI=1S/C13H13N3O2/c1-16-11-8-9(10-4-6-14-15-10)2-3-12(11)18-7-5-13(16)17/h2-4,6,8H,5,7H2,1H3,(H,14,15). The van der Waals surface area contributed by atoms with E-state index in [0.717, 1.165) is 22.7 Å². The molecular formula is C13H13N3O2. The number of rotatable bonds is 1. The Morgan fingerprint density at radius 1 is 1.39 bits per heavy atom. The molecule has 0 unspecified atom stereocenters. The molecule has 1 aromatic heterocycles. The number of H-pyrrole nitrogens is 1. The van der Waals surface area contributed by atoms with Gasteiger partial charge in [-0.05, 0) is 24.3 Å². The van der Waals surface area contributed by atoms with Gasteiger partial charge < -0.3 is 9.64 Å². The molecule has 1 aromatic carbocycles. The van der Waals surface area contributed by atoms with Crippen molar-refractivity contribution < 1.29 is 9.53 Å². The van der Waals surface area contributed by atoms with E-state index in [1.54, 1.807) is 18.1 Å². The number of anilines is 1. The molecule has 0 fully saturated rings. The molecule has 1 aliphatic heterocycles. The summed E-state index contributed by atoms with van der Waals surface area (Å²) in [7, 11) is 1.77. The van der Waals surface area contributed by atoms with Gasteiger partial charge in [0.2, 0.25) is 5.91 Å². The van der Waals surface area contributed by atoms with Gasteiger partial charge in [-0.1, -0.05) is 0 Å². The van der Waals surface area contributed by atoms with Crippen LogP contribution in [0.3, 0.4) is 0 Å². The molecule has 1 amide bonds. The molecule has 0 saturated carbocycles. The first-order valence-electron chi connectivity index (χ1n) is 5.79. The lowest BCUT2D eigenvalue weighted by molar-refractivity contribution is -0.118. The van der Waals surface area contributed by atoms with Gasteiger partial charge in [0.15, 0.2) is 0 Å². The average molecular weight is 243 g/mol. The van der Waals surface area contributed by atoms with Crippen molar-refractivity contribution in [1.82, 2.24) is 10.2 Å². The number of hydrogen-bond donors (Lipinski definition) is 1. The fraction of sp³-hybridized carbons (Fsp3) is 0.231. The molecule has 0 spiro atoms. The van der Waals surface area contributed by atoms with Crippen LogP contribution in [0.2, 0.25) is 0 Å². The molecule has 92 valence electrons. The lowest BCUT2D eigenvalue weighted by Gasteiger charge is -2.16. The normalized spacial score (nSPS) is 14.9. The summed E-state index contributed by atoms with van der Waals surface area (Å²) < 4.78 is 5.57. The predicted molar refractivity (Wildman–Crippen MR) is 67.5 cm³/mol. The fourth-order valence-electron chi connectivity index (χ4n) is 2.03. The average Bonchev–Trinajstić information content (AvgIpc) is 2.87. The van der Waals surface area contributed by atoms with E-state index in [4.69, 9.17) is 4.74 Å². The summed E-state index contributed by atoms with van der Waals surface area (Å²) in [6.07, 6.45) is 2.18. The topological polar surface area (TPSA) is 58.2 Å². The van der Waals surface area contributed by atoms with Crippen LogP contribution in [0.5, 0.6) is 5.75 Å². The molecule has 0 atom stereocenters. The third kappa shape index (κ3) is 1.73. The van der Waals surface area contributed by atoms with E-state index in [-0.39, 0.29) is 5.91 Å². The Labute approximate surface area is 104 Å². The van der Waals surface area contributed by atoms with Crippen molar-refractivity contribution >= 4 is 11.6 Å². The van der Waals surface area contributed by atoms with Crippen molar-refractivity contribution in [2.45, 2.75) is 6.42 Å². The third-order valence-corrected chi connectivity index (χ3v) is 3.06. The lowest BCUT2D eigenvalue weighted by atomic mass is 10.1. The molecular weight excluding hydrogens is 230 g/mol. The minimum Gasteiger partial charge on any atom is -0.491 e. The second-order valence-corrected chi connectivity index (χ2v) is 4.19. The molecule has 1 N–H and O–H groups in total. The number of benzene rings is 1. The first-order chi connectivity index (χ1) is 8.75. The van der Waals surface area contributed by atoms with E-state index < -0.39 is 0 Å². The zero-order chi connectivity index (χ0) is 12.5. The first-order valence-corrected chi connectivity index (χ1v) is 5.79. The van der Waals surface area contributed by atoms with Gasteiger partial charge in [0.25, 0.3) is 0 Å². The number of carbonyl (C=O) groups is 1. The van der Waals surface area contributed by atoms with Crippen LogP contribution >= 0.6 is 0 Å². The van der Waals surface area contributed by atoms with Gasteiger partial charge in [-0.2, -0.15) is 5.10 Å². The van der Waals surface area contributed by atoms with Crippen LogP contribution < -0.4 is 9.64 Å². The van der Waals surface area contributed by atoms with E-state index in [1.165, 1.54) is 0 Å². The largest absolute Gasteiger partial charge is 0.491 e. The van der Waals surface area contributed by atoms with Crippen molar-refractivity contribution in [2.24, 2.45) is 0 Å². The zero-order valence-electron chi connectivity index (χ0n) is 10.0. The fourth-order valence-corrected chi connectivity index (χ4v) is 2.03. The van der Waals surface area contributed by atoms with E-state index in [0.29, 0.717) is 13.0 Å². The quantitative estimate of drug-likeness (QED) is 0.831. The second kappa shape index (κ2) is 4.18. The van der Waals surface area contributed by atoms with Crippen LogP contribution in [0.15, 0.2) is 30.5 Å². The van der Waals surface area contributed by atoms with Crippen LogP contribution in [0, 0.1) is 0 Å². The number of aromatic amines is 1. The maximum atomic E-state index is 11.8. The summed E-state index contributed by atoms with van der Waals surface area (Å²) in [5.74, 6) is 0.801. The van der Waals surface area contributed by atoms with E-state index in [2.05, 4.69) is 10.2 Å². The summed E-state index contributed by atoms with van der Waals surface area (Å²) in [6.45, 7) is 0.428. The number of ether oxygens (including phenoxy) is 1. The SMILES string of the molecule is CN1C(=O)CCOc2ccc(-c3cc[nH]n3)cc21. The molecule has 1 aliphatic rings. The molecule has 3 rings (SSSR count). The number of aromatic nitrogens is 2. The summed E-state index contributed by atoms with van der Waals surface area (Å²) >= 11 is 0. The van der Waals surface area contributed by atoms with Gasteiger partial charge in [-0.3, -0.25) is 9.89 Å². The summed E-state index contributed by atoms with van der Waals surface area (Å²) in [5, 5.41) is 6.91. The van der Waals surface area contributed by atoms with Gasteiger partial charge in [0, 0.05) is 18.8 Å². The zero-order valence-corrected chi connectivity index (χ0v) is 10.0. The maximum Gasteiger partial charge on any atom is 0.230 e. The second-order valence-electron chi connectivity index (χ2n) is 4.19. The van der Waals surface area contributed by atoms with Crippen molar-refractivity contribution in [3.8, 4) is 17.0 Å². The highest BCUT2D eigenvalue weighted by Crippen LogP contribution is 2.34. The van der Waals surface area contributed by atoms with Gasteiger partial charge in [0.1, 0.15) is 5.75 Å². The van der Waals surface area contributed by atoms with Crippen LogP contribution in [-0.2, 0) is 4.79 Å². The Morgan fingerprint density at radius 2 is 2.28 bits per heavy atom. The number of hydrogen-bond acceptors (Lipinski definition) is 3. The van der Waals surface area contributed by atoms with Gasteiger partial charge in [-0.25, -0.2) is 0 Å². The minimum atomic E-state index is 0.0629. The van der Waals surface area contributed by atoms with Crippen molar-refractivity contribution in [3.05, 3.63) is 30.5 Å². The molecule has 2 heterocycles. The molecule has 0 saturated heterocycles. The molecule has 0 radical (unpaired) electrons. The number of nitrogens with one attached hydrogen (secondary N) is 1. The molecule has 0 bridgehead atoms. The lowest BCUT2D eigenvalue weighted by Crippen LogP contribution is -2.25. The van der Waals surface area contributed by atoms with Crippen LogP contribution in [0.25, 0.3) is 11.3 Å². The van der Waals surface area contributed by atoms with Gasteiger partial charge in [0.05, 0.1) is 24.4 Å². The van der Waals surface area contributed by atoms with Gasteiger partial charge in [-0.15, -0.1) is 0 Å². The molecule has 5 heteroatoms. The van der Waals surface area contributed by atoms with Crippen LogP contribution in [0.1, 0.15) is 6.42 Å². The van der Waals surface area contributed by atoms with Crippen LogP contribution in [0.4, 0.5) is 5.69 Å². The molecule has 18 heavy (non-hydrogen) atoms. The highest BCUT2D eigenvalue weighted by atomic mass is 16.5. The van der Waals surface area contributed by atoms with E-state index in [9.17, 15) is 4.79 Å². The number of fused-ring (bicyclic) bond motifs is 1. The maximum absolute atomic E-state index is 11.8. The number of nitrogens with zero attached hydrogens (tertiary/aromatic N) is 2. The highest BCUT2D eigenvalue weighted by Gasteiger charge is 2.20. The Kier molecular flexibility index (Phi) is 2.51. The molecule has 2 aromatic rings. The Hall–Kier alpha value is -2.30.